The molecule has 0 bridgehead atoms. The Morgan fingerprint density at radius 1 is 1.38 bits per heavy atom. The number of hydrogen-bond acceptors (Lipinski definition) is 5. The van der Waals surface area contributed by atoms with E-state index in [9.17, 15) is 17.6 Å². The highest BCUT2D eigenvalue weighted by molar-refractivity contribution is 7.89. The van der Waals surface area contributed by atoms with E-state index in [1.807, 2.05) is 5.38 Å². The summed E-state index contributed by atoms with van der Waals surface area (Å²) < 4.78 is 37.1. The second-order valence-corrected chi connectivity index (χ2v) is 8.05. The number of nitrogens with two attached hydrogens (primary N) is 1. The summed E-state index contributed by atoms with van der Waals surface area (Å²) in [5, 5.41) is 7.70. The lowest BCUT2D eigenvalue weighted by Crippen LogP contribution is -2.39. The molecule has 0 saturated carbocycles. The predicted molar refractivity (Wildman–Crippen MR) is 87.5 cm³/mol. The van der Waals surface area contributed by atoms with Gasteiger partial charge in [0.05, 0.1) is 16.5 Å². The number of likely N-dealkylation sites (tertiary alicyclic amines) is 1. The first-order valence-corrected chi connectivity index (χ1v) is 9.83. The number of rotatable bonds is 3. The minimum atomic E-state index is -4.01. The molecule has 24 heavy (non-hydrogen) atoms. The minimum absolute atomic E-state index is 0.219. The Morgan fingerprint density at radius 2 is 2.17 bits per heavy atom. The molecule has 2 aromatic rings. The Balaban J connectivity index is 1.98. The van der Waals surface area contributed by atoms with E-state index in [0.29, 0.717) is 6.54 Å². The second-order valence-electron chi connectivity index (χ2n) is 5.57. The summed E-state index contributed by atoms with van der Waals surface area (Å²) in [4.78, 5) is 18.4. The second kappa shape index (κ2) is 6.58. The maximum absolute atomic E-state index is 14.1. The van der Waals surface area contributed by atoms with Gasteiger partial charge in [0.15, 0.2) is 0 Å². The summed E-state index contributed by atoms with van der Waals surface area (Å²) in [6.07, 6.45) is 4.17. The van der Waals surface area contributed by atoms with E-state index in [1.54, 1.807) is 11.1 Å². The van der Waals surface area contributed by atoms with E-state index < -0.39 is 21.7 Å². The van der Waals surface area contributed by atoms with Gasteiger partial charge in [-0.3, -0.25) is 4.79 Å². The van der Waals surface area contributed by atoms with Gasteiger partial charge in [-0.15, -0.1) is 11.3 Å². The van der Waals surface area contributed by atoms with E-state index in [4.69, 9.17) is 5.14 Å². The first kappa shape index (κ1) is 17.0. The molecule has 0 aliphatic carbocycles. The molecule has 1 saturated heterocycles. The van der Waals surface area contributed by atoms with Crippen LogP contribution in [0, 0.1) is 5.82 Å². The number of piperidine rings is 1. The van der Waals surface area contributed by atoms with Gasteiger partial charge in [-0.2, -0.15) is 0 Å². The molecule has 9 heteroatoms. The topological polar surface area (TPSA) is 93.4 Å². The van der Waals surface area contributed by atoms with Crippen molar-refractivity contribution in [3.05, 3.63) is 46.2 Å². The fraction of sp³-hybridized carbons (Fsp3) is 0.333. The zero-order valence-electron chi connectivity index (χ0n) is 12.7. The highest BCUT2D eigenvalue weighted by atomic mass is 32.2. The number of aromatic nitrogens is 1. The summed E-state index contributed by atoms with van der Waals surface area (Å²) in [5.74, 6) is -1.31. The summed E-state index contributed by atoms with van der Waals surface area (Å²) in [6, 6.07) is 2.79. The van der Waals surface area contributed by atoms with Gasteiger partial charge in [0, 0.05) is 18.1 Å². The quantitative estimate of drug-likeness (QED) is 0.898. The first-order valence-electron chi connectivity index (χ1n) is 7.40. The van der Waals surface area contributed by atoms with Crippen molar-refractivity contribution < 1.29 is 17.6 Å². The highest BCUT2D eigenvalue weighted by Crippen LogP contribution is 2.33. The number of sulfonamides is 1. The summed E-state index contributed by atoms with van der Waals surface area (Å²) >= 11 is 1.44. The molecule has 2 heterocycles. The van der Waals surface area contributed by atoms with E-state index in [1.165, 1.54) is 11.3 Å². The van der Waals surface area contributed by atoms with Gasteiger partial charge in [0.25, 0.3) is 5.91 Å². The van der Waals surface area contributed by atoms with Gasteiger partial charge in [-0.25, -0.2) is 22.9 Å². The lowest BCUT2D eigenvalue weighted by atomic mass is 10.0. The van der Waals surface area contributed by atoms with E-state index >= 15 is 0 Å². The van der Waals surface area contributed by atoms with Gasteiger partial charge >= 0.3 is 0 Å². The molecule has 6 nitrogen and oxygen atoms in total. The zero-order valence-corrected chi connectivity index (χ0v) is 14.3. The third kappa shape index (κ3) is 3.33. The number of hydrogen-bond donors (Lipinski definition) is 1. The van der Waals surface area contributed by atoms with Crippen LogP contribution in [-0.4, -0.2) is 30.8 Å². The van der Waals surface area contributed by atoms with Gasteiger partial charge in [-0.1, -0.05) is 0 Å². The molecule has 1 aliphatic rings. The maximum Gasteiger partial charge on any atom is 0.257 e. The SMILES string of the molecule is NS(=O)(=O)c1ccc(F)c(C(=O)N2CCCC[C@@H]2c2nccs2)c1. The monoisotopic (exact) mass is 369 g/mol. The fourth-order valence-corrected chi connectivity index (χ4v) is 4.16. The molecule has 128 valence electrons. The van der Waals surface area contributed by atoms with Crippen LogP contribution in [0.5, 0.6) is 0 Å². The Morgan fingerprint density at radius 3 is 2.83 bits per heavy atom. The third-order valence-electron chi connectivity index (χ3n) is 4.00. The Bertz CT molecular complexity index is 853. The molecule has 2 N–H and O–H groups in total. The lowest BCUT2D eigenvalue weighted by Gasteiger charge is -2.34. The highest BCUT2D eigenvalue weighted by Gasteiger charge is 2.32. The van der Waals surface area contributed by atoms with Gasteiger partial charge in [0.1, 0.15) is 10.8 Å². The van der Waals surface area contributed by atoms with Crippen LogP contribution in [0.25, 0.3) is 0 Å². The van der Waals surface area contributed by atoms with Crippen molar-refractivity contribution in [3.8, 4) is 0 Å². The molecule has 3 rings (SSSR count). The van der Waals surface area contributed by atoms with E-state index in [-0.39, 0.29) is 16.5 Å². The number of benzene rings is 1. The summed E-state index contributed by atoms with van der Waals surface area (Å²) in [7, 11) is -4.01. The number of carbonyl (C=O) groups excluding carboxylic acids is 1. The Labute approximate surface area is 143 Å². The van der Waals surface area contributed by atoms with Crippen molar-refractivity contribution in [2.75, 3.05) is 6.54 Å². The minimum Gasteiger partial charge on any atom is -0.329 e. The number of halogens is 1. The van der Waals surface area contributed by atoms with E-state index in [0.717, 1.165) is 42.5 Å². The number of primary sulfonamides is 1. The fourth-order valence-electron chi connectivity index (χ4n) is 2.83. The van der Waals surface area contributed by atoms with Crippen LogP contribution in [-0.2, 0) is 10.0 Å². The van der Waals surface area contributed by atoms with Gasteiger partial charge in [-0.05, 0) is 37.5 Å². The molecule has 0 unspecified atom stereocenters. The standard InChI is InChI=1S/C15H16FN3O3S2/c16-12-5-4-10(24(17,21)22)9-11(12)15(20)19-7-2-1-3-13(19)14-18-6-8-23-14/h4-6,8-9,13H,1-3,7H2,(H2,17,21,22)/t13-/m1/s1. The van der Waals surface area contributed by atoms with Crippen molar-refractivity contribution in [3.63, 3.8) is 0 Å². The molecule has 0 radical (unpaired) electrons. The zero-order chi connectivity index (χ0) is 17.3. The molecule has 1 aliphatic heterocycles. The maximum atomic E-state index is 14.1. The molecule has 1 amide bonds. The Kier molecular flexibility index (Phi) is 4.66. The van der Waals surface area contributed by atoms with Crippen LogP contribution in [0.2, 0.25) is 0 Å². The number of carbonyl (C=O) groups is 1. The van der Waals surface area contributed by atoms with Crippen LogP contribution in [0.3, 0.4) is 0 Å². The van der Waals surface area contributed by atoms with Gasteiger partial charge < -0.3 is 4.90 Å². The van der Waals surface area contributed by atoms with Gasteiger partial charge in [0.2, 0.25) is 10.0 Å². The average Bonchev–Trinajstić information content (AvgIpc) is 3.08. The Hall–Kier alpha value is -1.84. The molecule has 1 atom stereocenters. The van der Waals surface area contributed by atoms with Crippen molar-refractivity contribution in [1.82, 2.24) is 9.88 Å². The molecule has 1 aromatic heterocycles. The molecular formula is C15H16FN3O3S2. The smallest absolute Gasteiger partial charge is 0.257 e. The van der Waals surface area contributed by atoms with Crippen LogP contribution in [0.15, 0.2) is 34.7 Å². The van der Waals surface area contributed by atoms with Crippen LogP contribution in [0.4, 0.5) is 4.39 Å². The predicted octanol–water partition coefficient (Wildman–Crippen LogP) is 2.30. The normalized spacial score (nSPS) is 18.6. The summed E-state index contributed by atoms with van der Waals surface area (Å²) in [6.45, 7) is 0.474. The molecule has 0 spiro atoms. The number of amides is 1. The lowest BCUT2D eigenvalue weighted by molar-refractivity contribution is 0.0606. The van der Waals surface area contributed by atoms with E-state index in [2.05, 4.69) is 4.98 Å². The van der Waals surface area contributed by atoms with Crippen molar-refractivity contribution >= 4 is 27.3 Å². The van der Waals surface area contributed by atoms with Crippen LogP contribution in [0.1, 0.15) is 40.7 Å². The van der Waals surface area contributed by atoms with Crippen LogP contribution < -0.4 is 5.14 Å². The summed E-state index contributed by atoms with van der Waals surface area (Å²) in [5.41, 5.74) is -0.287. The first-order chi connectivity index (χ1) is 11.4. The number of thiazole rings is 1. The average molecular weight is 369 g/mol. The van der Waals surface area contributed by atoms with Crippen LogP contribution >= 0.6 is 11.3 Å². The number of nitrogens with zero attached hydrogens (tertiary/aromatic N) is 2. The largest absolute Gasteiger partial charge is 0.329 e. The van der Waals surface area contributed by atoms with Crippen molar-refractivity contribution in [2.24, 2.45) is 5.14 Å². The molecule has 1 aromatic carbocycles. The van der Waals surface area contributed by atoms with Crippen molar-refractivity contribution in [2.45, 2.75) is 30.2 Å². The van der Waals surface area contributed by atoms with Crippen molar-refractivity contribution in [1.29, 1.82) is 0 Å². The molecular weight excluding hydrogens is 353 g/mol. The molecule has 1 fully saturated rings. The third-order valence-corrected chi connectivity index (χ3v) is 5.78.